The van der Waals surface area contributed by atoms with Crippen molar-refractivity contribution in [3.05, 3.63) is 52.0 Å². The number of hydrogen-bond acceptors (Lipinski definition) is 6. The fourth-order valence-electron chi connectivity index (χ4n) is 2.64. The van der Waals surface area contributed by atoms with Gasteiger partial charge in [0.05, 0.1) is 4.92 Å². The van der Waals surface area contributed by atoms with Crippen LogP contribution in [0.5, 0.6) is 0 Å². The summed E-state index contributed by atoms with van der Waals surface area (Å²) in [5.74, 6) is 0.240. The van der Waals surface area contributed by atoms with Gasteiger partial charge in [0.2, 0.25) is 11.8 Å². The molecule has 0 aliphatic carbocycles. The van der Waals surface area contributed by atoms with E-state index in [4.69, 9.17) is 0 Å². The Labute approximate surface area is 144 Å². The molecule has 130 valence electrons. The predicted molar refractivity (Wildman–Crippen MR) is 94.5 cm³/mol. The van der Waals surface area contributed by atoms with Crippen LogP contribution < -0.4 is 10.2 Å². The number of nitro groups is 1. The number of nitro benzene ring substituents is 1. The van der Waals surface area contributed by atoms with Gasteiger partial charge in [0, 0.05) is 36.1 Å². The fourth-order valence-corrected chi connectivity index (χ4v) is 2.64. The number of nitrogens with one attached hydrogen (secondary N) is 1. The van der Waals surface area contributed by atoms with Crippen molar-refractivity contribution in [1.82, 2.24) is 9.97 Å². The van der Waals surface area contributed by atoms with Gasteiger partial charge in [-0.15, -0.1) is 0 Å². The highest BCUT2D eigenvalue weighted by Crippen LogP contribution is 2.28. The summed E-state index contributed by atoms with van der Waals surface area (Å²) in [5.41, 5.74) is 0.684. The average Bonchev–Trinajstić information content (AvgIpc) is 2.62. The van der Waals surface area contributed by atoms with Crippen molar-refractivity contribution >= 4 is 29.2 Å². The first-order valence-electron chi connectivity index (χ1n) is 8.00. The third-order valence-corrected chi connectivity index (χ3v) is 4.19. The smallest absolute Gasteiger partial charge is 0.306 e. The Morgan fingerprint density at radius 1 is 1.48 bits per heavy atom. The number of benzene rings is 1. The number of fused-ring (bicyclic) bond motifs is 1. The number of halogens is 1. The maximum atomic E-state index is 13.4. The van der Waals surface area contributed by atoms with Crippen molar-refractivity contribution in [1.29, 1.82) is 0 Å². The lowest BCUT2D eigenvalue weighted by Crippen LogP contribution is -2.35. The lowest BCUT2D eigenvalue weighted by Gasteiger charge is -2.32. The van der Waals surface area contributed by atoms with E-state index in [1.165, 1.54) is 6.07 Å². The van der Waals surface area contributed by atoms with Crippen LogP contribution in [0.4, 0.5) is 27.5 Å². The minimum atomic E-state index is -0.880. The summed E-state index contributed by atoms with van der Waals surface area (Å²) in [6.45, 7) is 5.00. The topological polar surface area (TPSA) is 84.2 Å². The molecule has 0 saturated carbocycles. The van der Waals surface area contributed by atoms with Crippen LogP contribution in [0.2, 0.25) is 0 Å². The number of rotatable bonds is 5. The minimum absolute atomic E-state index is 0.309. The molecule has 25 heavy (non-hydrogen) atoms. The summed E-state index contributed by atoms with van der Waals surface area (Å²) in [7, 11) is 0. The van der Waals surface area contributed by atoms with Crippen LogP contribution >= 0.6 is 0 Å². The molecule has 0 amide bonds. The maximum absolute atomic E-state index is 13.4. The molecule has 0 radical (unpaired) electrons. The quantitative estimate of drug-likeness (QED) is 0.655. The van der Waals surface area contributed by atoms with Crippen LogP contribution in [0.1, 0.15) is 25.8 Å². The van der Waals surface area contributed by atoms with E-state index in [1.54, 1.807) is 6.20 Å². The zero-order valence-corrected chi connectivity index (χ0v) is 13.9. The molecule has 0 saturated heterocycles. The molecule has 1 aliphatic heterocycles. The van der Waals surface area contributed by atoms with E-state index in [2.05, 4.69) is 40.1 Å². The molecular formula is C17H18FN5O2. The van der Waals surface area contributed by atoms with E-state index in [0.717, 1.165) is 36.5 Å². The van der Waals surface area contributed by atoms with Gasteiger partial charge in [-0.2, -0.15) is 9.37 Å². The highest BCUT2D eigenvalue weighted by molar-refractivity contribution is 5.69. The number of nitrogens with zero attached hydrogens (tertiary/aromatic N) is 4. The highest BCUT2D eigenvalue weighted by Gasteiger charge is 2.20. The van der Waals surface area contributed by atoms with Gasteiger partial charge in [-0.3, -0.25) is 10.1 Å². The van der Waals surface area contributed by atoms with Crippen molar-refractivity contribution < 1.29 is 9.31 Å². The van der Waals surface area contributed by atoms with Gasteiger partial charge < -0.3 is 10.2 Å². The molecule has 7 nitrogen and oxygen atoms in total. The Kier molecular flexibility index (Phi) is 4.60. The standard InChI is InChI=1S/C17H18FN5O2/c1-3-11(2)22-8-4-5-12-10-19-17(21-16(12)22)20-13-6-7-14(18)15(9-13)23(24)25/h4-7,9-11H,3,8H2,1-2H3,(H,19,20,21). The Hall–Kier alpha value is -3.03. The Morgan fingerprint density at radius 3 is 3.00 bits per heavy atom. The first-order chi connectivity index (χ1) is 12.0. The number of anilines is 3. The van der Waals surface area contributed by atoms with Crippen molar-refractivity contribution in [2.75, 3.05) is 16.8 Å². The Morgan fingerprint density at radius 2 is 2.28 bits per heavy atom. The third kappa shape index (κ3) is 3.42. The number of hydrogen-bond donors (Lipinski definition) is 1. The minimum Gasteiger partial charge on any atom is -0.350 e. The molecule has 8 heteroatoms. The molecule has 1 aliphatic rings. The molecule has 0 bridgehead atoms. The molecule has 2 aromatic rings. The maximum Gasteiger partial charge on any atom is 0.306 e. The second-order valence-corrected chi connectivity index (χ2v) is 5.83. The normalized spacial score (nSPS) is 14.1. The van der Waals surface area contributed by atoms with Crippen LogP contribution in [-0.2, 0) is 0 Å². The highest BCUT2D eigenvalue weighted by atomic mass is 19.1. The van der Waals surface area contributed by atoms with Gasteiger partial charge in [-0.05, 0) is 25.5 Å². The van der Waals surface area contributed by atoms with E-state index in [9.17, 15) is 14.5 Å². The van der Waals surface area contributed by atoms with Gasteiger partial charge in [-0.1, -0.05) is 19.1 Å². The van der Waals surface area contributed by atoms with E-state index < -0.39 is 16.4 Å². The molecular weight excluding hydrogens is 325 g/mol. The summed E-state index contributed by atoms with van der Waals surface area (Å²) >= 11 is 0. The van der Waals surface area contributed by atoms with Crippen molar-refractivity contribution in [3.63, 3.8) is 0 Å². The monoisotopic (exact) mass is 343 g/mol. The van der Waals surface area contributed by atoms with Crippen molar-refractivity contribution in [2.45, 2.75) is 26.3 Å². The van der Waals surface area contributed by atoms with E-state index in [0.29, 0.717) is 17.7 Å². The summed E-state index contributed by atoms with van der Waals surface area (Å²) in [5, 5.41) is 13.8. The molecule has 0 fully saturated rings. The predicted octanol–water partition coefficient (Wildman–Crippen LogP) is 3.90. The van der Waals surface area contributed by atoms with Crippen molar-refractivity contribution in [3.8, 4) is 0 Å². The molecule has 1 aromatic carbocycles. The summed E-state index contributed by atoms with van der Waals surface area (Å²) in [6.07, 6.45) is 6.72. The van der Waals surface area contributed by atoms with E-state index >= 15 is 0 Å². The Bertz CT molecular complexity index is 840. The molecule has 1 N–H and O–H groups in total. The summed E-state index contributed by atoms with van der Waals surface area (Å²) < 4.78 is 13.4. The van der Waals surface area contributed by atoms with Crippen LogP contribution in [-0.4, -0.2) is 27.5 Å². The molecule has 1 unspecified atom stereocenters. The number of aromatic nitrogens is 2. The lowest BCUT2D eigenvalue weighted by atomic mass is 10.1. The van der Waals surface area contributed by atoms with Gasteiger partial charge in [-0.25, -0.2) is 4.98 Å². The zero-order valence-electron chi connectivity index (χ0n) is 13.9. The van der Waals surface area contributed by atoms with Gasteiger partial charge >= 0.3 is 5.69 Å². The summed E-state index contributed by atoms with van der Waals surface area (Å²) in [6, 6.07) is 3.91. The average molecular weight is 343 g/mol. The van der Waals surface area contributed by atoms with Crippen molar-refractivity contribution in [2.24, 2.45) is 0 Å². The first-order valence-corrected chi connectivity index (χ1v) is 8.00. The Balaban J connectivity index is 1.91. The third-order valence-electron chi connectivity index (χ3n) is 4.19. The molecule has 0 spiro atoms. The molecule has 2 heterocycles. The zero-order chi connectivity index (χ0) is 18.0. The summed E-state index contributed by atoms with van der Waals surface area (Å²) in [4.78, 5) is 21.1. The van der Waals surface area contributed by atoms with Crippen LogP contribution in [0.3, 0.4) is 0 Å². The van der Waals surface area contributed by atoms with Gasteiger partial charge in [0.25, 0.3) is 0 Å². The van der Waals surface area contributed by atoms with E-state index in [1.807, 2.05) is 6.08 Å². The van der Waals surface area contributed by atoms with E-state index in [-0.39, 0.29) is 0 Å². The largest absolute Gasteiger partial charge is 0.350 e. The van der Waals surface area contributed by atoms with Crippen LogP contribution in [0.15, 0.2) is 30.5 Å². The second kappa shape index (κ2) is 6.84. The molecule has 3 rings (SSSR count). The van der Waals surface area contributed by atoms with Gasteiger partial charge in [0.15, 0.2) is 0 Å². The molecule has 1 atom stereocenters. The lowest BCUT2D eigenvalue weighted by molar-refractivity contribution is -0.387. The van der Waals surface area contributed by atoms with Gasteiger partial charge in [0.1, 0.15) is 5.82 Å². The SMILES string of the molecule is CCC(C)N1CC=Cc2cnc(Nc3ccc(F)c([N+](=O)[O-])c3)nc21. The first kappa shape index (κ1) is 16.8. The fraction of sp³-hybridized carbons (Fsp3) is 0.294. The van der Waals surface area contributed by atoms with Crippen LogP contribution in [0.25, 0.3) is 6.08 Å². The van der Waals surface area contributed by atoms with Crippen LogP contribution in [0, 0.1) is 15.9 Å². The molecule has 1 aromatic heterocycles. The second-order valence-electron chi connectivity index (χ2n) is 5.83.